The molecule has 0 amide bonds. The fourth-order valence-electron chi connectivity index (χ4n) is 2.61. The van der Waals surface area contributed by atoms with E-state index in [0.717, 1.165) is 43.1 Å². The number of nitrogens with two attached hydrogens (primary N) is 1. The Morgan fingerprint density at radius 2 is 2.05 bits per heavy atom. The van der Waals surface area contributed by atoms with Crippen molar-refractivity contribution in [2.75, 3.05) is 18.0 Å². The van der Waals surface area contributed by atoms with Crippen LogP contribution >= 0.6 is 0 Å². The quantitative estimate of drug-likeness (QED) is 0.897. The molecule has 0 spiro atoms. The highest BCUT2D eigenvalue weighted by Crippen LogP contribution is 2.17. The van der Waals surface area contributed by atoms with Gasteiger partial charge in [0.05, 0.1) is 5.69 Å². The maximum absolute atomic E-state index is 9.52. The summed E-state index contributed by atoms with van der Waals surface area (Å²) in [7, 11) is 0. The van der Waals surface area contributed by atoms with Gasteiger partial charge >= 0.3 is 0 Å². The van der Waals surface area contributed by atoms with Crippen LogP contribution in [0.1, 0.15) is 24.1 Å². The molecule has 0 atom stereocenters. The highest BCUT2D eigenvalue weighted by molar-refractivity contribution is 5.34. The van der Waals surface area contributed by atoms with E-state index in [1.807, 2.05) is 18.2 Å². The second-order valence-electron chi connectivity index (χ2n) is 5.52. The maximum atomic E-state index is 9.52. The van der Waals surface area contributed by atoms with Crippen molar-refractivity contribution >= 4 is 5.95 Å². The predicted octanol–water partition coefficient (Wildman–Crippen LogP) is 1.70. The van der Waals surface area contributed by atoms with Crippen molar-refractivity contribution in [3.05, 3.63) is 47.8 Å². The molecule has 1 saturated heterocycles. The highest BCUT2D eigenvalue weighted by Gasteiger charge is 2.18. The molecule has 1 fully saturated rings. The van der Waals surface area contributed by atoms with Crippen molar-refractivity contribution in [3.63, 3.8) is 0 Å². The zero-order valence-electron chi connectivity index (χ0n) is 11.9. The zero-order chi connectivity index (χ0) is 14.7. The van der Waals surface area contributed by atoms with Gasteiger partial charge in [0.2, 0.25) is 5.95 Å². The van der Waals surface area contributed by atoms with E-state index in [2.05, 4.69) is 14.9 Å². The number of aromatic nitrogens is 2. The fraction of sp³-hybridized carbons (Fsp3) is 0.375. The molecule has 21 heavy (non-hydrogen) atoms. The summed E-state index contributed by atoms with van der Waals surface area (Å²) >= 11 is 0. The Labute approximate surface area is 124 Å². The highest BCUT2D eigenvalue weighted by atomic mass is 16.3. The van der Waals surface area contributed by atoms with Crippen LogP contribution in [0.3, 0.4) is 0 Å². The Hall–Kier alpha value is -2.14. The lowest BCUT2D eigenvalue weighted by molar-refractivity contribution is 0.474. The summed E-state index contributed by atoms with van der Waals surface area (Å²) in [4.78, 5) is 11.2. The number of hydrogen-bond acceptors (Lipinski definition) is 5. The molecule has 0 unspecified atom stereocenters. The van der Waals surface area contributed by atoms with Gasteiger partial charge in [-0.2, -0.15) is 0 Å². The van der Waals surface area contributed by atoms with Crippen LogP contribution in [0.5, 0.6) is 5.75 Å². The van der Waals surface area contributed by atoms with Crippen molar-refractivity contribution in [2.24, 2.45) is 5.73 Å². The molecule has 1 aromatic carbocycles. The lowest BCUT2D eigenvalue weighted by Crippen LogP contribution is -2.40. The number of anilines is 1. The van der Waals surface area contributed by atoms with Gasteiger partial charge in [-0.1, -0.05) is 12.1 Å². The summed E-state index contributed by atoms with van der Waals surface area (Å²) in [6.07, 6.45) is 4.46. The van der Waals surface area contributed by atoms with Gasteiger partial charge in [0, 0.05) is 31.7 Å². The first kappa shape index (κ1) is 13.8. The summed E-state index contributed by atoms with van der Waals surface area (Å²) in [6.45, 7) is 1.83. The molecule has 3 N–H and O–H groups in total. The van der Waals surface area contributed by atoms with Crippen molar-refractivity contribution in [2.45, 2.75) is 25.3 Å². The van der Waals surface area contributed by atoms with E-state index in [1.54, 1.807) is 18.3 Å². The molecule has 0 saturated carbocycles. The third-order valence-electron chi connectivity index (χ3n) is 3.82. The van der Waals surface area contributed by atoms with Gasteiger partial charge in [0.25, 0.3) is 0 Å². The van der Waals surface area contributed by atoms with E-state index in [1.165, 1.54) is 0 Å². The van der Waals surface area contributed by atoms with Crippen LogP contribution in [0, 0.1) is 0 Å². The van der Waals surface area contributed by atoms with Gasteiger partial charge in [-0.3, -0.25) is 0 Å². The number of phenols is 1. The van der Waals surface area contributed by atoms with E-state index in [9.17, 15) is 5.11 Å². The van der Waals surface area contributed by atoms with Gasteiger partial charge in [-0.15, -0.1) is 0 Å². The Kier molecular flexibility index (Phi) is 4.01. The topological polar surface area (TPSA) is 75.3 Å². The molecular formula is C16H20N4O. The molecule has 1 aromatic heterocycles. The van der Waals surface area contributed by atoms with Crippen LogP contribution in [-0.4, -0.2) is 34.2 Å². The number of nitrogens with zero attached hydrogens (tertiary/aromatic N) is 3. The van der Waals surface area contributed by atoms with Crippen LogP contribution in [0.4, 0.5) is 5.95 Å². The largest absolute Gasteiger partial charge is 0.508 e. The van der Waals surface area contributed by atoms with E-state index >= 15 is 0 Å². The van der Waals surface area contributed by atoms with Crippen molar-refractivity contribution in [1.29, 1.82) is 0 Å². The average molecular weight is 284 g/mol. The van der Waals surface area contributed by atoms with E-state index in [4.69, 9.17) is 5.73 Å². The van der Waals surface area contributed by atoms with Crippen LogP contribution in [0.2, 0.25) is 0 Å². The van der Waals surface area contributed by atoms with E-state index in [-0.39, 0.29) is 5.75 Å². The zero-order valence-corrected chi connectivity index (χ0v) is 11.9. The van der Waals surface area contributed by atoms with E-state index < -0.39 is 0 Å². The third kappa shape index (κ3) is 3.49. The number of piperidine rings is 1. The SMILES string of the molecule is NC1CCN(c2nccc(Cc3cccc(O)c3)n2)CC1. The van der Waals surface area contributed by atoms with Crippen molar-refractivity contribution < 1.29 is 5.11 Å². The molecule has 0 bridgehead atoms. The van der Waals surface area contributed by atoms with Crippen LogP contribution < -0.4 is 10.6 Å². The first-order valence-corrected chi connectivity index (χ1v) is 7.31. The second-order valence-corrected chi connectivity index (χ2v) is 5.52. The Morgan fingerprint density at radius 1 is 1.24 bits per heavy atom. The smallest absolute Gasteiger partial charge is 0.225 e. The lowest BCUT2D eigenvalue weighted by atomic mass is 10.1. The Bertz CT molecular complexity index is 609. The molecule has 110 valence electrons. The Balaban J connectivity index is 1.74. The summed E-state index contributed by atoms with van der Waals surface area (Å²) in [5.41, 5.74) is 7.93. The molecule has 2 aromatic rings. The molecular weight excluding hydrogens is 264 g/mol. The fourth-order valence-corrected chi connectivity index (χ4v) is 2.61. The summed E-state index contributed by atoms with van der Waals surface area (Å²) in [5.74, 6) is 1.06. The number of phenolic OH excluding ortho intramolecular Hbond substituents is 1. The third-order valence-corrected chi connectivity index (χ3v) is 3.82. The molecule has 2 heterocycles. The monoisotopic (exact) mass is 284 g/mol. The van der Waals surface area contributed by atoms with Crippen LogP contribution in [-0.2, 0) is 6.42 Å². The lowest BCUT2D eigenvalue weighted by Gasteiger charge is -2.30. The number of aromatic hydroxyl groups is 1. The predicted molar refractivity (Wildman–Crippen MR) is 82.4 cm³/mol. The molecule has 1 aliphatic heterocycles. The average Bonchev–Trinajstić information content (AvgIpc) is 2.48. The van der Waals surface area contributed by atoms with Gasteiger partial charge < -0.3 is 15.7 Å². The number of benzene rings is 1. The van der Waals surface area contributed by atoms with Gasteiger partial charge in [0.1, 0.15) is 5.75 Å². The molecule has 0 radical (unpaired) electrons. The molecule has 5 nitrogen and oxygen atoms in total. The molecule has 5 heteroatoms. The van der Waals surface area contributed by atoms with Crippen LogP contribution in [0.25, 0.3) is 0 Å². The maximum Gasteiger partial charge on any atom is 0.225 e. The summed E-state index contributed by atoms with van der Waals surface area (Å²) < 4.78 is 0. The Morgan fingerprint density at radius 3 is 2.81 bits per heavy atom. The van der Waals surface area contributed by atoms with Gasteiger partial charge in [0.15, 0.2) is 0 Å². The minimum absolute atomic E-state index is 0.284. The van der Waals surface area contributed by atoms with Gasteiger partial charge in [-0.25, -0.2) is 9.97 Å². The van der Waals surface area contributed by atoms with Gasteiger partial charge in [-0.05, 0) is 36.6 Å². The van der Waals surface area contributed by atoms with Crippen LogP contribution in [0.15, 0.2) is 36.5 Å². The first-order chi connectivity index (χ1) is 10.2. The minimum Gasteiger partial charge on any atom is -0.508 e. The molecule has 1 aliphatic rings. The second kappa shape index (κ2) is 6.10. The minimum atomic E-state index is 0.284. The standard InChI is InChI=1S/C16H20N4O/c17-13-5-8-20(9-6-13)16-18-7-4-14(19-16)10-12-2-1-3-15(21)11-12/h1-4,7,11,13,21H,5-6,8-10,17H2. The summed E-state index contributed by atoms with van der Waals surface area (Å²) in [6, 6.07) is 9.49. The number of rotatable bonds is 3. The number of hydrogen-bond donors (Lipinski definition) is 2. The molecule has 3 rings (SSSR count). The normalized spacial score (nSPS) is 16.1. The van der Waals surface area contributed by atoms with Crippen molar-refractivity contribution in [1.82, 2.24) is 9.97 Å². The summed E-state index contributed by atoms with van der Waals surface area (Å²) in [5, 5.41) is 9.52. The van der Waals surface area contributed by atoms with E-state index in [0.29, 0.717) is 12.5 Å². The molecule has 0 aliphatic carbocycles. The first-order valence-electron chi connectivity index (χ1n) is 7.31. The van der Waals surface area contributed by atoms with Crippen molar-refractivity contribution in [3.8, 4) is 5.75 Å².